The van der Waals surface area contributed by atoms with Crippen LogP contribution in [0.2, 0.25) is 0 Å². The number of carbonyl (C=O) groups is 5. The number of benzene rings is 2. The van der Waals surface area contributed by atoms with Gasteiger partial charge in [0, 0.05) is 11.3 Å². The summed E-state index contributed by atoms with van der Waals surface area (Å²) in [5, 5.41) is 0. The molecule has 0 saturated heterocycles. The molecule has 1 aliphatic rings. The second kappa shape index (κ2) is 8.90. The number of fused-ring (bicyclic) bond motifs is 1. The minimum Gasteiger partial charge on any atom is -0.454 e. The highest BCUT2D eigenvalue weighted by atomic mass is 16.5. The van der Waals surface area contributed by atoms with Crippen LogP contribution < -0.4 is 0 Å². The van der Waals surface area contributed by atoms with Gasteiger partial charge in [-0.15, -0.1) is 0 Å². The van der Waals surface area contributed by atoms with Crippen LogP contribution in [0.3, 0.4) is 0 Å². The van der Waals surface area contributed by atoms with Gasteiger partial charge in [-0.2, -0.15) is 0 Å². The third-order valence-corrected chi connectivity index (χ3v) is 5.78. The molecule has 1 aliphatic heterocycles. The number of nitrogens with one attached hydrogen (secondary N) is 1. The van der Waals surface area contributed by atoms with E-state index < -0.39 is 18.4 Å². The number of esters is 1. The molecule has 0 spiro atoms. The fourth-order valence-corrected chi connectivity index (χ4v) is 4.21. The van der Waals surface area contributed by atoms with Crippen molar-refractivity contribution >= 4 is 29.4 Å². The first-order valence-corrected chi connectivity index (χ1v) is 10.6. The summed E-state index contributed by atoms with van der Waals surface area (Å²) in [7, 11) is 0. The average molecular weight is 458 g/mol. The van der Waals surface area contributed by atoms with Crippen molar-refractivity contribution in [1.82, 2.24) is 9.88 Å². The summed E-state index contributed by atoms with van der Waals surface area (Å²) in [6.45, 7) is 4.29. The van der Waals surface area contributed by atoms with Crippen LogP contribution in [-0.4, -0.2) is 45.8 Å². The molecule has 1 N–H and O–H groups in total. The standard InChI is InChI=1S/C26H22N2O6/c1-14-22(16(3)29)15(2)27-23(14)21(30)13-34-26(33)18-8-6-7-17(11-18)12-28-24(31)19-9-4-5-10-20(19)25(28)32/h4-11,27H,12-13H2,1-3H3. The Kier molecular flexibility index (Phi) is 5.98. The first kappa shape index (κ1) is 22.8. The van der Waals surface area contributed by atoms with E-state index in [4.69, 9.17) is 4.74 Å². The van der Waals surface area contributed by atoms with Crippen molar-refractivity contribution in [3.8, 4) is 0 Å². The minimum atomic E-state index is -0.717. The Bertz CT molecular complexity index is 1330. The van der Waals surface area contributed by atoms with Crippen LogP contribution in [0.15, 0.2) is 48.5 Å². The normalized spacial score (nSPS) is 12.6. The summed E-state index contributed by atoms with van der Waals surface area (Å²) in [5.74, 6) is -2.10. The number of ketones is 2. The molecule has 2 heterocycles. The molecule has 0 radical (unpaired) electrons. The van der Waals surface area contributed by atoms with Crippen LogP contribution in [0.25, 0.3) is 0 Å². The molecular weight excluding hydrogens is 436 g/mol. The quantitative estimate of drug-likeness (QED) is 0.328. The van der Waals surface area contributed by atoms with Gasteiger partial charge in [-0.25, -0.2) is 4.79 Å². The first-order valence-electron chi connectivity index (χ1n) is 10.6. The SMILES string of the molecule is CC(=O)c1c(C)[nH]c(C(=O)COC(=O)c2cccc(CN3C(=O)c4ccccc4C3=O)c2)c1C. The lowest BCUT2D eigenvalue weighted by Gasteiger charge is -2.14. The molecule has 0 aliphatic carbocycles. The molecule has 34 heavy (non-hydrogen) atoms. The number of Topliss-reactive ketones (excluding diaryl/α,β-unsaturated/α-hetero) is 2. The molecule has 0 fully saturated rings. The van der Waals surface area contributed by atoms with Crippen LogP contribution in [0.4, 0.5) is 0 Å². The maximum Gasteiger partial charge on any atom is 0.338 e. The van der Waals surface area contributed by atoms with E-state index >= 15 is 0 Å². The number of rotatable bonds is 7. The van der Waals surface area contributed by atoms with E-state index in [1.54, 1.807) is 50.2 Å². The molecule has 0 saturated carbocycles. The van der Waals surface area contributed by atoms with Gasteiger partial charge >= 0.3 is 5.97 Å². The lowest BCUT2D eigenvalue weighted by atomic mass is 10.1. The maximum atomic E-state index is 12.6. The smallest absolute Gasteiger partial charge is 0.338 e. The molecule has 1 aromatic heterocycles. The number of amides is 2. The Morgan fingerprint density at radius 3 is 2.18 bits per heavy atom. The summed E-state index contributed by atoms with van der Waals surface area (Å²) in [4.78, 5) is 66.1. The fraction of sp³-hybridized carbons (Fsp3) is 0.192. The summed E-state index contributed by atoms with van der Waals surface area (Å²) in [6.07, 6.45) is 0. The first-order chi connectivity index (χ1) is 16.2. The Hall–Kier alpha value is -4.33. The van der Waals surface area contributed by atoms with E-state index in [0.717, 1.165) is 4.90 Å². The number of aryl methyl sites for hydroxylation is 1. The van der Waals surface area contributed by atoms with E-state index in [9.17, 15) is 24.0 Å². The number of aromatic nitrogens is 1. The second-order valence-corrected chi connectivity index (χ2v) is 8.12. The van der Waals surface area contributed by atoms with E-state index in [0.29, 0.717) is 33.5 Å². The minimum absolute atomic E-state index is 0.00116. The third kappa shape index (κ3) is 4.05. The van der Waals surface area contributed by atoms with Crippen LogP contribution in [0, 0.1) is 13.8 Å². The molecule has 172 valence electrons. The molecule has 2 aromatic carbocycles. The Labute approximate surface area is 195 Å². The van der Waals surface area contributed by atoms with Gasteiger partial charge in [-0.1, -0.05) is 24.3 Å². The summed E-state index contributed by atoms with van der Waals surface area (Å²) in [6, 6.07) is 13.0. The Balaban J connectivity index is 1.43. The number of aromatic amines is 1. The van der Waals surface area contributed by atoms with Crippen molar-refractivity contribution in [2.24, 2.45) is 0 Å². The monoisotopic (exact) mass is 458 g/mol. The Morgan fingerprint density at radius 2 is 1.59 bits per heavy atom. The van der Waals surface area contributed by atoms with Crippen LogP contribution in [0.1, 0.15) is 75.7 Å². The maximum absolute atomic E-state index is 12.6. The van der Waals surface area contributed by atoms with Gasteiger partial charge in [0.1, 0.15) is 0 Å². The van der Waals surface area contributed by atoms with Gasteiger partial charge < -0.3 is 9.72 Å². The van der Waals surface area contributed by atoms with Gasteiger partial charge in [0.15, 0.2) is 12.4 Å². The van der Waals surface area contributed by atoms with Gasteiger partial charge in [0.25, 0.3) is 11.8 Å². The zero-order valence-corrected chi connectivity index (χ0v) is 18.9. The molecule has 4 rings (SSSR count). The predicted octanol–water partition coefficient (Wildman–Crippen LogP) is 3.67. The van der Waals surface area contributed by atoms with Crippen molar-refractivity contribution in [2.75, 3.05) is 6.61 Å². The highest BCUT2D eigenvalue weighted by Crippen LogP contribution is 2.24. The number of imide groups is 1. The van der Waals surface area contributed by atoms with Gasteiger partial charge in [-0.3, -0.25) is 24.1 Å². The van der Waals surface area contributed by atoms with E-state index in [2.05, 4.69) is 4.98 Å². The van der Waals surface area contributed by atoms with Crippen molar-refractivity contribution in [2.45, 2.75) is 27.3 Å². The van der Waals surface area contributed by atoms with Crippen molar-refractivity contribution in [3.63, 3.8) is 0 Å². The highest BCUT2D eigenvalue weighted by Gasteiger charge is 2.35. The van der Waals surface area contributed by atoms with Crippen LogP contribution in [-0.2, 0) is 11.3 Å². The largest absolute Gasteiger partial charge is 0.454 e. The second-order valence-electron chi connectivity index (χ2n) is 8.12. The number of H-pyrrole nitrogens is 1. The number of carbonyl (C=O) groups excluding carboxylic acids is 5. The van der Waals surface area contributed by atoms with Gasteiger partial charge in [0.05, 0.1) is 28.9 Å². The highest BCUT2D eigenvalue weighted by molar-refractivity contribution is 6.21. The molecular formula is C26H22N2O6. The molecule has 0 unspecified atom stereocenters. The number of hydrogen-bond acceptors (Lipinski definition) is 6. The van der Waals surface area contributed by atoms with Crippen LogP contribution in [0.5, 0.6) is 0 Å². The lowest BCUT2D eigenvalue weighted by Crippen LogP contribution is -2.29. The molecule has 0 atom stereocenters. The topological polar surface area (TPSA) is 114 Å². The predicted molar refractivity (Wildman–Crippen MR) is 122 cm³/mol. The van der Waals surface area contributed by atoms with Gasteiger partial charge in [0.2, 0.25) is 5.78 Å². The van der Waals surface area contributed by atoms with E-state index in [1.165, 1.54) is 19.1 Å². The van der Waals surface area contributed by atoms with E-state index in [1.807, 2.05) is 0 Å². The van der Waals surface area contributed by atoms with Crippen molar-refractivity contribution in [3.05, 3.63) is 93.3 Å². The average Bonchev–Trinajstić information content (AvgIpc) is 3.25. The van der Waals surface area contributed by atoms with Gasteiger partial charge in [-0.05, 0) is 56.2 Å². The number of nitrogens with zero attached hydrogens (tertiary/aromatic N) is 1. The molecule has 8 heteroatoms. The Morgan fingerprint density at radius 1 is 0.941 bits per heavy atom. The zero-order chi connectivity index (χ0) is 24.6. The summed E-state index contributed by atoms with van der Waals surface area (Å²) < 4.78 is 5.19. The van der Waals surface area contributed by atoms with Crippen LogP contribution >= 0.6 is 0 Å². The molecule has 2 amide bonds. The van der Waals surface area contributed by atoms with Crippen molar-refractivity contribution in [1.29, 1.82) is 0 Å². The number of hydrogen-bond donors (Lipinski definition) is 1. The molecule has 3 aromatic rings. The lowest BCUT2D eigenvalue weighted by molar-refractivity contribution is 0.0473. The number of ether oxygens (including phenoxy) is 1. The van der Waals surface area contributed by atoms with Crippen molar-refractivity contribution < 1.29 is 28.7 Å². The fourth-order valence-electron chi connectivity index (χ4n) is 4.21. The van der Waals surface area contributed by atoms with E-state index in [-0.39, 0.29) is 35.4 Å². The molecule has 0 bridgehead atoms. The third-order valence-electron chi connectivity index (χ3n) is 5.78. The summed E-state index contributed by atoms with van der Waals surface area (Å²) in [5.41, 5.74) is 3.25. The zero-order valence-electron chi connectivity index (χ0n) is 18.9. The summed E-state index contributed by atoms with van der Waals surface area (Å²) >= 11 is 0. The molecule has 8 nitrogen and oxygen atoms in total.